The normalized spacial score (nSPS) is 26.8. The minimum atomic E-state index is -1.47. The van der Waals surface area contributed by atoms with Crippen molar-refractivity contribution in [1.82, 2.24) is 0 Å². The quantitative estimate of drug-likeness (QED) is 0.782. The molecule has 0 N–H and O–H groups in total. The number of fused-ring (bicyclic) bond motifs is 1. The second kappa shape index (κ2) is 5.16. The summed E-state index contributed by atoms with van der Waals surface area (Å²) in [6, 6.07) is 1.54. The summed E-state index contributed by atoms with van der Waals surface area (Å²) in [5.74, 6) is 0.0813. The maximum atomic E-state index is 13.0. The number of rotatable bonds is 2. The van der Waals surface area contributed by atoms with Gasteiger partial charge in [0.1, 0.15) is 22.1 Å². The van der Waals surface area contributed by atoms with Crippen molar-refractivity contribution in [3.8, 4) is 17.2 Å². The number of carbonyl (C=O) groups excluding carboxylic acids is 2. The highest BCUT2D eigenvalue weighted by molar-refractivity contribution is 6.36. The number of hydrogen-bond acceptors (Lipinski definition) is 5. The Balaban J connectivity index is 2.22. The molecule has 0 amide bonds. The molecule has 0 aromatic heterocycles. The van der Waals surface area contributed by atoms with E-state index >= 15 is 0 Å². The number of ketones is 2. The Bertz CT molecular complexity index is 669. The van der Waals surface area contributed by atoms with E-state index in [-0.39, 0.29) is 33.8 Å². The number of halogens is 1. The lowest BCUT2D eigenvalue weighted by Gasteiger charge is -2.35. The van der Waals surface area contributed by atoms with Gasteiger partial charge in [-0.05, 0) is 12.8 Å². The van der Waals surface area contributed by atoms with Crippen molar-refractivity contribution in [3.05, 3.63) is 16.7 Å². The number of Topliss-reactive ketones (excluding diaryl/α,β-unsaturated/α-hetero) is 2. The number of benzene rings is 1. The Morgan fingerprint density at radius 1 is 1.27 bits per heavy atom. The maximum absolute atomic E-state index is 13.0. The molecule has 1 saturated carbocycles. The summed E-state index contributed by atoms with van der Waals surface area (Å²) < 4.78 is 16.4. The summed E-state index contributed by atoms with van der Waals surface area (Å²) in [5.41, 5.74) is -1.24. The van der Waals surface area contributed by atoms with Crippen LogP contribution in [0, 0.1) is 5.92 Å². The molecular formula is C16H17ClO5. The molecule has 1 heterocycles. The van der Waals surface area contributed by atoms with E-state index in [0.717, 1.165) is 12.8 Å². The SMILES string of the molecule is COc1cc(OC)c2c(c1Cl)OC1(C(=O)CCCC1C)C2=O. The monoisotopic (exact) mass is 324 g/mol. The van der Waals surface area contributed by atoms with Gasteiger partial charge >= 0.3 is 0 Å². The van der Waals surface area contributed by atoms with E-state index in [9.17, 15) is 9.59 Å². The van der Waals surface area contributed by atoms with Crippen LogP contribution >= 0.6 is 11.6 Å². The summed E-state index contributed by atoms with van der Waals surface area (Å²) in [5, 5.41) is 0.189. The molecule has 3 rings (SSSR count). The summed E-state index contributed by atoms with van der Waals surface area (Å²) in [6.07, 6.45) is 1.85. The molecule has 1 fully saturated rings. The molecule has 1 aromatic carbocycles. The van der Waals surface area contributed by atoms with Gasteiger partial charge in [0.15, 0.2) is 11.5 Å². The van der Waals surface area contributed by atoms with Crippen LogP contribution in [0.25, 0.3) is 0 Å². The molecule has 2 aliphatic rings. The second-order valence-corrected chi connectivity index (χ2v) is 6.06. The molecule has 0 bridgehead atoms. The van der Waals surface area contributed by atoms with Gasteiger partial charge < -0.3 is 14.2 Å². The number of hydrogen-bond donors (Lipinski definition) is 0. The van der Waals surface area contributed by atoms with Gasteiger partial charge in [-0.2, -0.15) is 0 Å². The van der Waals surface area contributed by atoms with Crippen molar-refractivity contribution in [2.75, 3.05) is 14.2 Å². The molecule has 0 radical (unpaired) electrons. The van der Waals surface area contributed by atoms with Crippen molar-refractivity contribution in [2.24, 2.45) is 5.92 Å². The first-order chi connectivity index (χ1) is 10.5. The summed E-state index contributed by atoms with van der Waals surface area (Å²) in [6.45, 7) is 1.86. The van der Waals surface area contributed by atoms with Gasteiger partial charge in [0.2, 0.25) is 11.4 Å². The van der Waals surface area contributed by atoms with Crippen LogP contribution in [-0.4, -0.2) is 31.4 Å². The van der Waals surface area contributed by atoms with Crippen LogP contribution in [0.3, 0.4) is 0 Å². The number of carbonyl (C=O) groups is 2. The van der Waals surface area contributed by atoms with Crippen molar-refractivity contribution >= 4 is 23.2 Å². The maximum Gasteiger partial charge on any atom is 0.231 e. The number of methoxy groups -OCH3 is 2. The van der Waals surface area contributed by atoms with Crippen molar-refractivity contribution < 1.29 is 23.8 Å². The topological polar surface area (TPSA) is 61.8 Å². The van der Waals surface area contributed by atoms with Crippen LogP contribution in [0.15, 0.2) is 6.07 Å². The van der Waals surface area contributed by atoms with Crippen LogP contribution in [0.4, 0.5) is 0 Å². The zero-order valence-electron chi connectivity index (χ0n) is 12.7. The van der Waals surface area contributed by atoms with Crippen LogP contribution in [0.5, 0.6) is 17.2 Å². The Morgan fingerprint density at radius 3 is 2.55 bits per heavy atom. The van der Waals surface area contributed by atoms with E-state index in [1.807, 2.05) is 6.92 Å². The zero-order chi connectivity index (χ0) is 16.1. The fraction of sp³-hybridized carbons (Fsp3) is 0.500. The first kappa shape index (κ1) is 15.2. The predicted molar refractivity (Wildman–Crippen MR) is 80.3 cm³/mol. The van der Waals surface area contributed by atoms with Gasteiger partial charge in [-0.15, -0.1) is 0 Å². The molecule has 1 aliphatic carbocycles. The van der Waals surface area contributed by atoms with Gasteiger partial charge in [0.05, 0.1) is 14.2 Å². The lowest BCUT2D eigenvalue weighted by atomic mass is 9.72. The summed E-state index contributed by atoms with van der Waals surface area (Å²) >= 11 is 6.28. The first-order valence-electron chi connectivity index (χ1n) is 7.19. The van der Waals surface area contributed by atoms with Crippen LogP contribution in [0.2, 0.25) is 5.02 Å². The van der Waals surface area contributed by atoms with Gasteiger partial charge in [-0.3, -0.25) is 9.59 Å². The number of ether oxygens (including phenoxy) is 3. The van der Waals surface area contributed by atoms with Gasteiger partial charge in [0.25, 0.3) is 0 Å². The minimum Gasteiger partial charge on any atom is -0.496 e. The van der Waals surface area contributed by atoms with Crippen molar-refractivity contribution in [3.63, 3.8) is 0 Å². The van der Waals surface area contributed by atoms with Crippen LogP contribution in [-0.2, 0) is 4.79 Å². The molecule has 6 heteroatoms. The highest BCUT2D eigenvalue weighted by atomic mass is 35.5. The van der Waals surface area contributed by atoms with Crippen molar-refractivity contribution in [2.45, 2.75) is 31.8 Å². The van der Waals surface area contributed by atoms with Crippen LogP contribution < -0.4 is 14.2 Å². The Kier molecular flexibility index (Phi) is 3.56. The first-order valence-corrected chi connectivity index (χ1v) is 7.56. The Labute approximate surface area is 133 Å². The summed E-state index contributed by atoms with van der Waals surface area (Å²) in [7, 11) is 2.92. The average molecular weight is 325 g/mol. The molecule has 1 aliphatic heterocycles. The van der Waals surface area contributed by atoms with E-state index in [0.29, 0.717) is 17.9 Å². The third-order valence-corrected chi connectivity index (χ3v) is 4.93. The lowest BCUT2D eigenvalue weighted by molar-refractivity contribution is -0.136. The standard InChI is InChI=1S/C16H17ClO5/c1-8-5-4-6-11(18)16(8)15(19)12-9(20-2)7-10(21-3)13(17)14(12)22-16/h7-8H,4-6H2,1-3H3. The van der Waals surface area contributed by atoms with E-state index in [2.05, 4.69) is 0 Å². The summed E-state index contributed by atoms with van der Waals surface area (Å²) in [4.78, 5) is 25.5. The third-order valence-electron chi connectivity index (χ3n) is 4.57. The molecule has 0 saturated heterocycles. The van der Waals surface area contributed by atoms with E-state index in [1.165, 1.54) is 14.2 Å². The zero-order valence-corrected chi connectivity index (χ0v) is 13.5. The molecule has 22 heavy (non-hydrogen) atoms. The third kappa shape index (κ3) is 1.78. The lowest BCUT2D eigenvalue weighted by Crippen LogP contribution is -2.55. The molecular weight excluding hydrogens is 308 g/mol. The highest BCUT2D eigenvalue weighted by Crippen LogP contribution is 2.53. The molecule has 5 nitrogen and oxygen atoms in total. The Hall–Kier alpha value is -1.75. The Morgan fingerprint density at radius 2 is 1.95 bits per heavy atom. The van der Waals surface area contributed by atoms with Gasteiger partial charge in [-0.1, -0.05) is 18.5 Å². The smallest absolute Gasteiger partial charge is 0.231 e. The fourth-order valence-corrected chi connectivity index (χ4v) is 3.61. The largest absolute Gasteiger partial charge is 0.496 e. The average Bonchev–Trinajstić information content (AvgIpc) is 2.82. The molecule has 2 unspecified atom stereocenters. The molecule has 118 valence electrons. The molecule has 1 spiro atoms. The van der Waals surface area contributed by atoms with Gasteiger partial charge in [-0.25, -0.2) is 0 Å². The molecule has 2 atom stereocenters. The fourth-order valence-electron chi connectivity index (χ4n) is 3.34. The van der Waals surface area contributed by atoms with E-state index in [4.69, 9.17) is 25.8 Å². The van der Waals surface area contributed by atoms with Crippen molar-refractivity contribution in [1.29, 1.82) is 0 Å². The highest BCUT2D eigenvalue weighted by Gasteiger charge is 2.60. The van der Waals surface area contributed by atoms with Crippen LogP contribution in [0.1, 0.15) is 36.5 Å². The van der Waals surface area contributed by atoms with E-state index in [1.54, 1.807) is 6.07 Å². The molecule has 1 aromatic rings. The predicted octanol–water partition coefficient (Wildman–Crippen LogP) is 3.06. The minimum absolute atomic E-state index is 0.185. The second-order valence-electron chi connectivity index (χ2n) is 5.68. The van der Waals surface area contributed by atoms with Gasteiger partial charge in [0, 0.05) is 18.4 Å². The van der Waals surface area contributed by atoms with E-state index < -0.39 is 5.60 Å².